The third kappa shape index (κ3) is 2.76. The van der Waals surface area contributed by atoms with Crippen LogP contribution >= 0.6 is 0 Å². The van der Waals surface area contributed by atoms with E-state index in [-0.39, 0.29) is 6.61 Å². The van der Waals surface area contributed by atoms with Crippen molar-refractivity contribution >= 4 is 16.6 Å². The van der Waals surface area contributed by atoms with Gasteiger partial charge in [-0.25, -0.2) is 0 Å². The Morgan fingerprint density at radius 3 is 2.72 bits per heavy atom. The summed E-state index contributed by atoms with van der Waals surface area (Å²) in [6.45, 7) is 3.25. The molecule has 0 aliphatic rings. The summed E-state index contributed by atoms with van der Waals surface area (Å²) in [6.07, 6.45) is -0.0667. The number of hydrogen-bond acceptors (Lipinski definition) is 3. The highest BCUT2D eigenvalue weighted by Crippen LogP contribution is 2.20. The minimum Gasteiger partial charge on any atom is -0.490 e. The smallest absolute Gasteiger partial charge is 0.187 e. The zero-order valence-corrected chi connectivity index (χ0v) is 9.87. The first-order chi connectivity index (χ1) is 8.70. The van der Waals surface area contributed by atoms with Crippen LogP contribution in [0.2, 0.25) is 0 Å². The molecule has 0 saturated carbocycles. The zero-order valence-electron chi connectivity index (χ0n) is 9.87. The summed E-state index contributed by atoms with van der Waals surface area (Å²) >= 11 is 0. The molecule has 2 aromatic carbocycles. The van der Waals surface area contributed by atoms with Gasteiger partial charge < -0.3 is 9.84 Å². The normalized spacial score (nSPS) is 12.1. The largest absolute Gasteiger partial charge is 0.490 e. The van der Waals surface area contributed by atoms with E-state index < -0.39 is 11.9 Å². The summed E-state index contributed by atoms with van der Waals surface area (Å²) in [4.78, 5) is 11.1. The molecule has 3 nitrogen and oxygen atoms in total. The van der Waals surface area contributed by atoms with Crippen molar-refractivity contribution in [3.05, 3.63) is 55.1 Å². The molecule has 3 heteroatoms. The molecule has 18 heavy (non-hydrogen) atoms. The molecule has 1 N–H and O–H groups in total. The molecule has 0 fully saturated rings. The van der Waals surface area contributed by atoms with Crippen molar-refractivity contribution in [1.29, 1.82) is 0 Å². The van der Waals surface area contributed by atoms with Gasteiger partial charge in [-0.2, -0.15) is 0 Å². The SMILES string of the molecule is C=CC(=O)C(O)COc1ccc2ccccc2c1. The molecule has 0 aliphatic carbocycles. The van der Waals surface area contributed by atoms with Gasteiger partial charge in [-0.15, -0.1) is 0 Å². The molecule has 0 spiro atoms. The summed E-state index contributed by atoms with van der Waals surface area (Å²) in [7, 11) is 0. The number of aliphatic hydroxyl groups is 1. The molecule has 0 bridgehead atoms. The number of ether oxygens (including phenoxy) is 1. The molecule has 0 radical (unpaired) electrons. The topological polar surface area (TPSA) is 46.5 Å². The average molecular weight is 242 g/mol. The number of rotatable bonds is 5. The lowest BCUT2D eigenvalue weighted by Crippen LogP contribution is -2.25. The number of hydrogen-bond donors (Lipinski definition) is 1. The molecule has 0 aromatic heterocycles. The van der Waals surface area contributed by atoms with Crippen LogP contribution in [0.4, 0.5) is 0 Å². The number of ketones is 1. The third-order valence-corrected chi connectivity index (χ3v) is 2.66. The predicted molar refractivity (Wildman–Crippen MR) is 70.7 cm³/mol. The molecule has 2 aromatic rings. The van der Waals surface area contributed by atoms with Gasteiger partial charge in [-0.05, 0) is 29.0 Å². The fraction of sp³-hybridized carbons (Fsp3) is 0.133. The summed E-state index contributed by atoms with van der Waals surface area (Å²) in [5.74, 6) is 0.195. The number of carbonyl (C=O) groups excluding carboxylic acids is 1. The third-order valence-electron chi connectivity index (χ3n) is 2.66. The highest BCUT2D eigenvalue weighted by molar-refractivity contribution is 5.92. The molecule has 1 atom stereocenters. The Balaban J connectivity index is 2.08. The van der Waals surface area contributed by atoms with Crippen LogP contribution in [0.1, 0.15) is 0 Å². The second-order valence-corrected chi connectivity index (χ2v) is 3.94. The lowest BCUT2D eigenvalue weighted by Gasteiger charge is -2.10. The molecular weight excluding hydrogens is 228 g/mol. The van der Waals surface area contributed by atoms with Crippen molar-refractivity contribution in [3.8, 4) is 5.75 Å². The van der Waals surface area contributed by atoms with Crippen LogP contribution in [0.25, 0.3) is 10.8 Å². The van der Waals surface area contributed by atoms with Gasteiger partial charge in [-0.1, -0.05) is 36.9 Å². The van der Waals surface area contributed by atoms with Gasteiger partial charge in [0.05, 0.1) is 0 Å². The van der Waals surface area contributed by atoms with Crippen LogP contribution in [-0.2, 0) is 4.79 Å². The standard InChI is InChI=1S/C15H14O3/c1-2-14(16)15(17)10-18-13-8-7-11-5-3-4-6-12(11)9-13/h2-9,15,17H,1,10H2. The predicted octanol–water partition coefficient (Wildman–Crippen LogP) is 2.33. The molecule has 0 aliphatic heterocycles. The van der Waals surface area contributed by atoms with E-state index in [4.69, 9.17) is 4.74 Å². The average Bonchev–Trinajstić information content (AvgIpc) is 2.43. The monoisotopic (exact) mass is 242 g/mol. The van der Waals surface area contributed by atoms with E-state index in [2.05, 4.69) is 6.58 Å². The maximum atomic E-state index is 11.1. The van der Waals surface area contributed by atoms with Crippen molar-refractivity contribution in [2.24, 2.45) is 0 Å². The molecule has 92 valence electrons. The highest BCUT2D eigenvalue weighted by atomic mass is 16.5. The Hall–Kier alpha value is -2.13. The fourth-order valence-electron chi connectivity index (χ4n) is 1.65. The van der Waals surface area contributed by atoms with Crippen molar-refractivity contribution in [1.82, 2.24) is 0 Å². The van der Waals surface area contributed by atoms with Gasteiger partial charge in [0.1, 0.15) is 12.4 Å². The van der Waals surface area contributed by atoms with Gasteiger partial charge >= 0.3 is 0 Å². The Bertz CT molecular complexity index is 575. The van der Waals surface area contributed by atoms with Crippen molar-refractivity contribution in [2.45, 2.75) is 6.10 Å². The number of carbonyl (C=O) groups is 1. The number of fused-ring (bicyclic) bond motifs is 1. The van der Waals surface area contributed by atoms with E-state index in [1.54, 1.807) is 0 Å². The summed E-state index contributed by atoms with van der Waals surface area (Å²) < 4.78 is 5.38. The van der Waals surface area contributed by atoms with E-state index in [1.165, 1.54) is 0 Å². The molecule has 1 unspecified atom stereocenters. The zero-order chi connectivity index (χ0) is 13.0. The first-order valence-corrected chi connectivity index (χ1v) is 5.66. The minimum absolute atomic E-state index is 0.0663. The Kier molecular flexibility index (Phi) is 3.75. The second-order valence-electron chi connectivity index (χ2n) is 3.94. The van der Waals surface area contributed by atoms with Crippen molar-refractivity contribution in [2.75, 3.05) is 6.61 Å². The summed E-state index contributed by atoms with van der Waals surface area (Å²) in [5, 5.41) is 11.6. The van der Waals surface area contributed by atoms with Gasteiger partial charge in [0, 0.05) is 0 Å². The quantitative estimate of drug-likeness (QED) is 0.818. The molecule has 0 heterocycles. The van der Waals surface area contributed by atoms with Gasteiger partial charge in [0.15, 0.2) is 11.9 Å². The van der Waals surface area contributed by atoms with E-state index >= 15 is 0 Å². The van der Waals surface area contributed by atoms with Crippen LogP contribution in [0.5, 0.6) is 5.75 Å². The van der Waals surface area contributed by atoms with Crippen LogP contribution < -0.4 is 4.74 Å². The molecule has 0 amide bonds. The second kappa shape index (κ2) is 5.47. The lowest BCUT2D eigenvalue weighted by molar-refractivity contribution is -0.123. The first kappa shape index (κ1) is 12.3. The summed E-state index contributed by atoms with van der Waals surface area (Å²) in [5.41, 5.74) is 0. The van der Waals surface area contributed by atoms with E-state index in [1.807, 2.05) is 42.5 Å². The van der Waals surface area contributed by atoms with E-state index in [0.29, 0.717) is 5.75 Å². The Morgan fingerprint density at radius 1 is 1.28 bits per heavy atom. The molecule has 2 rings (SSSR count). The van der Waals surface area contributed by atoms with Crippen molar-refractivity contribution < 1.29 is 14.6 Å². The fourth-order valence-corrected chi connectivity index (χ4v) is 1.65. The first-order valence-electron chi connectivity index (χ1n) is 5.66. The number of benzene rings is 2. The number of aliphatic hydroxyl groups excluding tert-OH is 1. The van der Waals surface area contributed by atoms with Gasteiger partial charge in [-0.3, -0.25) is 4.79 Å². The Morgan fingerprint density at radius 2 is 2.00 bits per heavy atom. The minimum atomic E-state index is -1.16. The van der Waals surface area contributed by atoms with Gasteiger partial charge in [0.25, 0.3) is 0 Å². The van der Waals surface area contributed by atoms with E-state index in [9.17, 15) is 9.90 Å². The van der Waals surface area contributed by atoms with Crippen molar-refractivity contribution in [3.63, 3.8) is 0 Å². The lowest BCUT2D eigenvalue weighted by atomic mass is 10.1. The van der Waals surface area contributed by atoms with Crippen LogP contribution in [0.3, 0.4) is 0 Å². The highest BCUT2D eigenvalue weighted by Gasteiger charge is 2.12. The van der Waals surface area contributed by atoms with Gasteiger partial charge in [0.2, 0.25) is 0 Å². The van der Waals surface area contributed by atoms with Crippen LogP contribution in [0, 0.1) is 0 Å². The maximum Gasteiger partial charge on any atom is 0.187 e. The summed E-state index contributed by atoms with van der Waals surface area (Å²) in [6, 6.07) is 13.5. The molecule has 0 saturated heterocycles. The van der Waals surface area contributed by atoms with E-state index in [0.717, 1.165) is 16.8 Å². The molecular formula is C15H14O3. The Labute approximate surface area is 105 Å². The van der Waals surface area contributed by atoms with Crippen LogP contribution in [-0.4, -0.2) is 23.6 Å². The van der Waals surface area contributed by atoms with Crippen LogP contribution in [0.15, 0.2) is 55.1 Å². The maximum absolute atomic E-state index is 11.1.